The minimum absolute atomic E-state index is 0.280. The zero-order valence-electron chi connectivity index (χ0n) is 27.1. The van der Waals surface area contributed by atoms with Gasteiger partial charge >= 0.3 is 0 Å². The van der Waals surface area contributed by atoms with Crippen molar-refractivity contribution < 1.29 is 4.74 Å². The van der Waals surface area contributed by atoms with Crippen LogP contribution < -0.4 is 5.32 Å². The Kier molecular flexibility index (Phi) is 19.3. The molecule has 0 aliphatic rings. The van der Waals surface area contributed by atoms with E-state index in [1.54, 1.807) is 19.3 Å². The molecule has 0 spiro atoms. The zero-order chi connectivity index (χ0) is 30.8. The van der Waals surface area contributed by atoms with Gasteiger partial charge in [0.25, 0.3) is 0 Å². The number of ether oxygens (including phenoxy) is 1. The van der Waals surface area contributed by atoms with Gasteiger partial charge in [-0.25, -0.2) is 4.99 Å². The van der Waals surface area contributed by atoms with Gasteiger partial charge in [-0.2, -0.15) is 10.2 Å². The summed E-state index contributed by atoms with van der Waals surface area (Å²) in [5, 5.41) is 10.9. The summed E-state index contributed by atoms with van der Waals surface area (Å²) >= 11 is 0. The Morgan fingerprint density at radius 2 is 1.67 bits per heavy atom. The number of aliphatic imine (C=N–C) groups is 1. The molecule has 0 amide bonds. The minimum Gasteiger partial charge on any atom is -0.488 e. The third-order valence-electron chi connectivity index (χ3n) is 5.56. The molecule has 0 saturated heterocycles. The Labute approximate surface area is 240 Å². The average molecular weight is 537 g/mol. The molecular formula is C34H56N4O. The highest BCUT2D eigenvalue weighted by Gasteiger charge is 2.17. The first-order chi connectivity index (χ1) is 18.2. The predicted octanol–water partition coefficient (Wildman–Crippen LogP) is 10.2. The number of allylic oxidation sites excluding steroid dienone is 3. The van der Waals surface area contributed by atoms with Gasteiger partial charge in [0, 0.05) is 19.2 Å². The second-order valence-electron chi connectivity index (χ2n) is 10.4. The van der Waals surface area contributed by atoms with Crippen molar-refractivity contribution in [1.82, 2.24) is 5.32 Å². The zero-order valence-corrected chi connectivity index (χ0v) is 27.1. The second kappa shape index (κ2) is 19.8. The number of rotatable bonds is 12. The maximum absolute atomic E-state index is 6.02. The molecular weight excluding hydrogens is 480 g/mol. The Balaban J connectivity index is 0. The lowest BCUT2D eigenvalue weighted by molar-refractivity contribution is 0.0975. The second-order valence-corrected chi connectivity index (χ2v) is 10.4. The van der Waals surface area contributed by atoms with Gasteiger partial charge in [-0.05, 0) is 76.6 Å². The monoisotopic (exact) mass is 536 g/mol. The Morgan fingerprint density at radius 1 is 1.10 bits per heavy atom. The Morgan fingerprint density at radius 3 is 2.10 bits per heavy atom. The summed E-state index contributed by atoms with van der Waals surface area (Å²) in [6.45, 7) is 39.2. The maximum atomic E-state index is 6.02. The molecule has 0 saturated carbocycles. The normalized spacial score (nSPS) is 11.7. The van der Waals surface area contributed by atoms with E-state index in [4.69, 9.17) is 4.74 Å². The molecule has 0 unspecified atom stereocenters. The van der Waals surface area contributed by atoms with Crippen LogP contribution in [-0.2, 0) is 17.7 Å². The summed E-state index contributed by atoms with van der Waals surface area (Å²) in [6, 6.07) is 4.23. The quantitative estimate of drug-likeness (QED) is 0.125. The van der Waals surface area contributed by atoms with Crippen molar-refractivity contribution in [3.63, 3.8) is 0 Å². The molecule has 5 heteroatoms. The lowest BCUT2D eigenvalue weighted by atomic mass is 9.93. The summed E-state index contributed by atoms with van der Waals surface area (Å²) < 4.78 is 6.02. The highest BCUT2D eigenvalue weighted by Crippen LogP contribution is 2.28. The van der Waals surface area contributed by atoms with Gasteiger partial charge in [0.2, 0.25) is 0 Å². The topological polar surface area (TPSA) is 58.3 Å². The molecule has 1 rings (SSSR count). The van der Waals surface area contributed by atoms with Gasteiger partial charge in [0.1, 0.15) is 11.4 Å². The highest BCUT2D eigenvalue weighted by molar-refractivity contribution is 6.07. The molecule has 0 atom stereocenters. The molecule has 0 aromatic heterocycles. The number of hydrogen-bond acceptors (Lipinski definition) is 5. The van der Waals surface area contributed by atoms with Gasteiger partial charge in [0.05, 0.1) is 23.3 Å². The predicted molar refractivity (Wildman–Crippen MR) is 174 cm³/mol. The molecule has 0 heterocycles. The number of azo groups is 1. The lowest BCUT2D eigenvalue weighted by Crippen LogP contribution is -2.20. The molecule has 1 aromatic carbocycles. The van der Waals surface area contributed by atoms with Crippen molar-refractivity contribution in [3.05, 3.63) is 89.9 Å². The molecule has 0 radical (unpaired) electrons. The van der Waals surface area contributed by atoms with Crippen molar-refractivity contribution in [2.75, 3.05) is 7.05 Å². The molecule has 0 bridgehead atoms. The van der Waals surface area contributed by atoms with Crippen LogP contribution in [0.3, 0.4) is 0 Å². The summed E-state index contributed by atoms with van der Waals surface area (Å²) in [5.41, 5.74) is 7.90. The van der Waals surface area contributed by atoms with Crippen LogP contribution in [0.15, 0.2) is 82.9 Å². The average Bonchev–Trinajstić information content (AvgIpc) is 2.86. The van der Waals surface area contributed by atoms with Crippen molar-refractivity contribution in [2.45, 2.75) is 101 Å². The number of benzene rings is 1. The standard InChI is InChI=1S/C26H38N4O.C6H12.C2H6/c1-11-13-24-19(4)23(21(6)31-26(7,8)9)15-14-22(24)17-28-20(5)25(12-2)30-18(3)16-29-27-10;1-5(2)6(3)4;1-2/h12,14-16,28H,2,5-6,11,13,17H2,1,3-4,7-10H3;6H,1H2,2-4H3;1-2H3/b18-16+,29-27?,30-25?;;. The fourth-order valence-electron chi connectivity index (χ4n) is 3.19. The Bertz CT molecular complexity index is 1030. The summed E-state index contributed by atoms with van der Waals surface area (Å²) in [6.07, 6.45) is 5.33. The first kappa shape index (κ1) is 37.9. The van der Waals surface area contributed by atoms with E-state index in [0.717, 1.165) is 24.1 Å². The van der Waals surface area contributed by atoms with Crippen LogP contribution in [0.2, 0.25) is 0 Å². The third kappa shape index (κ3) is 15.7. The minimum atomic E-state index is -0.280. The molecule has 39 heavy (non-hydrogen) atoms. The number of hydrogen-bond donors (Lipinski definition) is 1. The molecule has 218 valence electrons. The number of nitrogens with zero attached hydrogens (tertiary/aromatic N) is 3. The first-order valence-electron chi connectivity index (χ1n) is 13.9. The SMILES string of the molecule is C=C(C)C(C)C.C=CC(=N/C(C)=C/N=NC)C(=C)NCc1ccc(C(=C)OC(C)(C)C)c(C)c1CCC.CC. The molecule has 0 aliphatic carbocycles. The largest absolute Gasteiger partial charge is 0.488 e. The van der Waals surface area contributed by atoms with Crippen LogP contribution in [0.25, 0.3) is 5.76 Å². The van der Waals surface area contributed by atoms with Gasteiger partial charge < -0.3 is 10.1 Å². The molecule has 5 nitrogen and oxygen atoms in total. The lowest BCUT2D eigenvalue weighted by Gasteiger charge is -2.25. The fourth-order valence-corrected chi connectivity index (χ4v) is 3.19. The molecule has 1 N–H and O–H groups in total. The molecule has 0 fully saturated rings. The van der Waals surface area contributed by atoms with Crippen molar-refractivity contribution in [2.24, 2.45) is 21.1 Å². The van der Waals surface area contributed by atoms with E-state index >= 15 is 0 Å². The van der Waals surface area contributed by atoms with Crippen LogP contribution in [0.4, 0.5) is 0 Å². The first-order valence-corrected chi connectivity index (χ1v) is 13.9. The fraction of sp³-hybridized carbons (Fsp3) is 0.500. The van der Waals surface area contributed by atoms with E-state index in [0.29, 0.717) is 29.6 Å². The highest BCUT2D eigenvalue weighted by atomic mass is 16.5. The van der Waals surface area contributed by atoms with E-state index < -0.39 is 0 Å². The van der Waals surface area contributed by atoms with Crippen molar-refractivity contribution in [3.8, 4) is 0 Å². The van der Waals surface area contributed by atoms with E-state index in [1.165, 1.54) is 22.3 Å². The maximum Gasteiger partial charge on any atom is 0.120 e. The van der Waals surface area contributed by atoms with Crippen molar-refractivity contribution in [1.29, 1.82) is 0 Å². The van der Waals surface area contributed by atoms with Gasteiger partial charge in [-0.15, -0.1) is 0 Å². The van der Waals surface area contributed by atoms with Crippen LogP contribution >= 0.6 is 0 Å². The molecule has 0 aliphatic heterocycles. The van der Waals surface area contributed by atoms with Crippen LogP contribution in [-0.4, -0.2) is 18.4 Å². The smallest absolute Gasteiger partial charge is 0.120 e. The summed E-state index contributed by atoms with van der Waals surface area (Å²) in [7, 11) is 1.62. The van der Waals surface area contributed by atoms with Gasteiger partial charge in [-0.3, -0.25) is 0 Å². The van der Waals surface area contributed by atoms with Crippen LogP contribution in [0, 0.1) is 12.8 Å². The summed E-state index contributed by atoms with van der Waals surface area (Å²) in [4.78, 5) is 4.51. The Hall–Kier alpha value is -3.21. The number of nitrogens with one attached hydrogen (secondary N) is 1. The van der Waals surface area contributed by atoms with Gasteiger partial charge in [-0.1, -0.05) is 85.1 Å². The van der Waals surface area contributed by atoms with Crippen LogP contribution in [0.5, 0.6) is 0 Å². The van der Waals surface area contributed by atoms with E-state index in [-0.39, 0.29) is 5.60 Å². The summed E-state index contributed by atoms with van der Waals surface area (Å²) in [5.74, 6) is 1.36. The van der Waals surface area contributed by atoms with Crippen molar-refractivity contribution >= 4 is 11.5 Å². The van der Waals surface area contributed by atoms with E-state index in [9.17, 15) is 0 Å². The third-order valence-corrected chi connectivity index (χ3v) is 5.56. The van der Waals surface area contributed by atoms with Crippen LogP contribution in [0.1, 0.15) is 97.9 Å². The van der Waals surface area contributed by atoms with E-state index in [2.05, 4.69) is 86.7 Å². The van der Waals surface area contributed by atoms with Gasteiger partial charge in [0.15, 0.2) is 0 Å². The van der Waals surface area contributed by atoms with E-state index in [1.807, 2.05) is 48.5 Å². The molecule has 1 aromatic rings.